The molecule has 0 aliphatic carbocycles. The van der Waals surface area contributed by atoms with E-state index in [-0.39, 0.29) is 0 Å². The van der Waals surface area contributed by atoms with Gasteiger partial charge in [-0.15, -0.1) is 0 Å². The molecule has 0 amide bonds. The van der Waals surface area contributed by atoms with Crippen LogP contribution in [0.2, 0.25) is 0 Å². The molecule has 0 saturated heterocycles. The normalized spacial score (nSPS) is 12.8. The quantitative estimate of drug-likeness (QED) is 0.605. The minimum Gasteiger partial charge on any atom is -0.352 e. The highest BCUT2D eigenvalue weighted by atomic mass is 15.1. The van der Waals surface area contributed by atoms with Crippen molar-refractivity contribution in [3.05, 3.63) is 37.2 Å². The fourth-order valence-electron chi connectivity index (χ4n) is 2.49. The molecule has 4 rings (SSSR count). The number of imidazole rings is 1. The van der Waals surface area contributed by atoms with Crippen molar-refractivity contribution < 1.29 is 0 Å². The minimum atomic E-state index is 0.342. The van der Waals surface area contributed by atoms with E-state index in [1.165, 1.54) is 0 Å². The van der Waals surface area contributed by atoms with E-state index in [9.17, 15) is 0 Å². The number of nitrogens with zero attached hydrogens (tertiary/aromatic N) is 5. The maximum Gasteiger partial charge on any atom is 0.233 e. The summed E-state index contributed by atoms with van der Waals surface area (Å²) in [5.41, 5.74) is 2.83. The topological polar surface area (TPSA) is 83.8 Å². The zero-order chi connectivity index (χ0) is 15.8. The fourth-order valence-corrected chi connectivity index (χ4v) is 2.49. The lowest BCUT2D eigenvalue weighted by atomic mass is 10.1. The number of hydrogen-bond donors (Lipinski definition) is 2. The Bertz CT molecular complexity index is 969. The smallest absolute Gasteiger partial charge is 0.233 e. The van der Waals surface area contributed by atoms with Crippen LogP contribution in [-0.2, 0) is 0 Å². The van der Waals surface area contributed by atoms with Gasteiger partial charge in [-0.1, -0.05) is 6.92 Å². The van der Waals surface area contributed by atoms with Gasteiger partial charge in [-0.05, 0) is 13.3 Å². The molecule has 0 aliphatic rings. The molecule has 0 radical (unpaired) electrons. The van der Waals surface area contributed by atoms with Crippen molar-refractivity contribution in [1.29, 1.82) is 0 Å². The van der Waals surface area contributed by atoms with Crippen molar-refractivity contribution in [1.82, 2.24) is 29.3 Å². The predicted molar refractivity (Wildman–Crippen MR) is 89.2 cm³/mol. The average Bonchev–Trinajstić information content (AvgIpc) is 3.19. The van der Waals surface area contributed by atoms with Crippen molar-refractivity contribution >= 4 is 22.8 Å². The first-order valence-electron chi connectivity index (χ1n) is 7.64. The SMILES string of the molecule is CCC(C)Nc1ncc2c(-c3cnc4nccn4c3)c[nH]c2n1. The number of aromatic amines is 1. The third-order valence-corrected chi connectivity index (χ3v) is 3.98. The summed E-state index contributed by atoms with van der Waals surface area (Å²) in [7, 11) is 0. The Morgan fingerprint density at radius 1 is 1.26 bits per heavy atom. The average molecular weight is 307 g/mol. The van der Waals surface area contributed by atoms with Crippen LogP contribution in [-0.4, -0.2) is 35.4 Å². The van der Waals surface area contributed by atoms with Crippen LogP contribution in [0.5, 0.6) is 0 Å². The first-order chi connectivity index (χ1) is 11.2. The van der Waals surface area contributed by atoms with Crippen LogP contribution in [0.3, 0.4) is 0 Å². The maximum atomic E-state index is 4.54. The minimum absolute atomic E-state index is 0.342. The van der Waals surface area contributed by atoms with Gasteiger partial charge in [0.1, 0.15) is 5.65 Å². The van der Waals surface area contributed by atoms with Crippen molar-refractivity contribution in [3.63, 3.8) is 0 Å². The van der Waals surface area contributed by atoms with E-state index in [1.54, 1.807) is 6.20 Å². The summed E-state index contributed by atoms with van der Waals surface area (Å²) in [6, 6.07) is 0.342. The van der Waals surface area contributed by atoms with Crippen molar-refractivity contribution in [3.8, 4) is 11.1 Å². The summed E-state index contributed by atoms with van der Waals surface area (Å²) in [5, 5.41) is 4.26. The lowest BCUT2D eigenvalue weighted by Crippen LogP contribution is -2.15. The molecule has 0 aliphatic heterocycles. The maximum absolute atomic E-state index is 4.54. The second kappa shape index (κ2) is 5.35. The third-order valence-electron chi connectivity index (χ3n) is 3.98. The number of nitrogens with one attached hydrogen (secondary N) is 2. The fraction of sp³-hybridized carbons (Fsp3) is 0.250. The van der Waals surface area contributed by atoms with E-state index in [2.05, 4.69) is 44.1 Å². The number of aromatic nitrogens is 6. The molecule has 0 bridgehead atoms. The van der Waals surface area contributed by atoms with Crippen molar-refractivity contribution in [2.75, 3.05) is 5.32 Å². The van der Waals surface area contributed by atoms with Crippen LogP contribution in [0.1, 0.15) is 20.3 Å². The van der Waals surface area contributed by atoms with Gasteiger partial charge in [-0.25, -0.2) is 15.0 Å². The molecule has 7 heteroatoms. The van der Waals surface area contributed by atoms with Gasteiger partial charge in [0.05, 0.1) is 0 Å². The molecule has 1 unspecified atom stereocenters. The third kappa shape index (κ3) is 2.40. The van der Waals surface area contributed by atoms with E-state index in [1.807, 2.05) is 35.4 Å². The summed E-state index contributed by atoms with van der Waals surface area (Å²) >= 11 is 0. The van der Waals surface area contributed by atoms with Crippen LogP contribution >= 0.6 is 0 Å². The Kier molecular flexibility index (Phi) is 3.18. The Labute approximate surface area is 132 Å². The summed E-state index contributed by atoms with van der Waals surface area (Å²) in [5.74, 6) is 1.33. The first-order valence-corrected chi connectivity index (χ1v) is 7.64. The monoisotopic (exact) mass is 307 g/mol. The van der Waals surface area contributed by atoms with Crippen LogP contribution in [0.4, 0.5) is 5.95 Å². The molecule has 116 valence electrons. The second-order valence-corrected chi connectivity index (χ2v) is 5.59. The molecule has 0 spiro atoms. The standard InChI is InChI=1S/C16H17N7/c1-3-10(2)21-15-19-8-13-12(7-18-14(13)22-15)11-6-20-16-17-4-5-23(16)9-11/h4-10H,3H2,1-2H3,(H2,18,19,21,22). The lowest BCUT2D eigenvalue weighted by molar-refractivity contribution is 0.754. The number of fused-ring (bicyclic) bond motifs is 2. The van der Waals surface area contributed by atoms with Gasteiger partial charge in [-0.2, -0.15) is 4.98 Å². The van der Waals surface area contributed by atoms with Gasteiger partial charge in [0, 0.05) is 59.7 Å². The number of H-pyrrole nitrogens is 1. The van der Waals surface area contributed by atoms with E-state index in [0.717, 1.165) is 28.6 Å². The molecule has 0 fully saturated rings. The predicted octanol–water partition coefficient (Wildman–Crippen LogP) is 2.88. The van der Waals surface area contributed by atoms with Gasteiger partial charge in [0.15, 0.2) is 0 Å². The van der Waals surface area contributed by atoms with Crippen molar-refractivity contribution in [2.45, 2.75) is 26.3 Å². The summed E-state index contributed by atoms with van der Waals surface area (Å²) in [6.45, 7) is 4.24. The summed E-state index contributed by atoms with van der Waals surface area (Å²) in [4.78, 5) is 20.7. The van der Waals surface area contributed by atoms with Gasteiger partial charge in [-0.3, -0.25) is 4.40 Å². The Morgan fingerprint density at radius 2 is 2.17 bits per heavy atom. The largest absolute Gasteiger partial charge is 0.352 e. The van der Waals surface area contributed by atoms with Crippen LogP contribution < -0.4 is 5.32 Å². The highest BCUT2D eigenvalue weighted by Crippen LogP contribution is 2.27. The van der Waals surface area contributed by atoms with Gasteiger partial charge in [0.25, 0.3) is 0 Å². The van der Waals surface area contributed by atoms with Crippen LogP contribution in [0, 0.1) is 0 Å². The Morgan fingerprint density at radius 3 is 3.04 bits per heavy atom. The van der Waals surface area contributed by atoms with E-state index in [4.69, 9.17) is 0 Å². The van der Waals surface area contributed by atoms with Crippen LogP contribution in [0.25, 0.3) is 27.9 Å². The molecular formula is C16H17N7. The molecule has 4 heterocycles. The molecular weight excluding hydrogens is 290 g/mol. The summed E-state index contributed by atoms with van der Waals surface area (Å²) in [6.07, 6.45) is 12.2. The van der Waals surface area contributed by atoms with Crippen LogP contribution in [0.15, 0.2) is 37.2 Å². The lowest BCUT2D eigenvalue weighted by Gasteiger charge is -2.10. The van der Waals surface area contributed by atoms with E-state index >= 15 is 0 Å². The van der Waals surface area contributed by atoms with E-state index in [0.29, 0.717) is 17.8 Å². The van der Waals surface area contributed by atoms with E-state index < -0.39 is 0 Å². The molecule has 2 N–H and O–H groups in total. The number of rotatable bonds is 4. The van der Waals surface area contributed by atoms with Gasteiger partial charge >= 0.3 is 0 Å². The Balaban J connectivity index is 1.75. The molecule has 7 nitrogen and oxygen atoms in total. The molecule has 4 aromatic heterocycles. The van der Waals surface area contributed by atoms with Crippen molar-refractivity contribution in [2.24, 2.45) is 0 Å². The summed E-state index contributed by atoms with van der Waals surface area (Å²) < 4.78 is 1.90. The molecule has 4 aromatic rings. The zero-order valence-corrected chi connectivity index (χ0v) is 13.0. The number of hydrogen-bond acceptors (Lipinski definition) is 5. The Hall–Kier alpha value is -2.96. The molecule has 0 aromatic carbocycles. The van der Waals surface area contributed by atoms with Gasteiger partial charge < -0.3 is 10.3 Å². The van der Waals surface area contributed by atoms with Gasteiger partial charge in [0.2, 0.25) is 11.7 Å². The molecule has 1 atom stereocenters. The highest BCUT2D eigenvalue weighted by molar-refractivity contribution is 5.93. The molecule has 0 saturated carbocycles. The first kappa shape index (κ1) is 13.7. The molecule has 23 heavy (non-hydrogen) atoms. The second-order valence-electron chi connectivity index (χ2n) is 5.59. The highest BCUT2D eigenvalue weighted by Gasteiger charge is 2.11. The number of anilines is 1. The zero-order valence-electron chi connectivity index (χ0n) is 13.0.